The molecule has 3 rings (SSSR count). The second-order valence-corrected chi connectivity index (χ2v) is 11.8. The van der Waals surface area contributed by atoms with Gasteiger partial charge in [-0.1, -0.05) is 96.5 Å². The topological polar surface area (TPSA) is 35.5 Å². The lowest BCUT2D eigenvalue weighted by molar-refractivity contribution is -0.172. The van der Waals surface area contributed by atoms with Gasteiger partial charge in [0.25, 0.3) is 0 Å². The molecule has 1 saturated carbocycles. The quantitative estimate of drug-likeness (QED) is 0.339. The highest BCUT2D eigenvalue weighted by Gasteiger charge is 2.41. The van der Waals surface area contributed by atoms with Crippen molar-refractivity contribution >= 4 is 5.97 Å². The fourth-order valence-electron chi connectivity index (χ4n) is 5.37. The van der Waals surface area contributed by atoms with Crippen molar-refractivity contribution < 1.29 is 14.3 Å². The van der Waals surface area contributed by atoms with Crippen LogP contribution >= 0.6 is 0 Å². The molecule has 0 radical (unpaired) electrons. The fourth-order valence-corrected chi connectivity index (χ4v) is 5.37. The molecular weight excluding hydrogens is 432 g/mol. The lowest BCUT2D eigenvalue weighted by Gasteiger charge is -2.43. The minimum atomic E-state index is -0.696. The first-order valence-corrected chi connectivity index (χ1v) is 13.6. The number of rotatable bonds is 9. The highest BCUT2D eigenvalue weighted by molar-refractivity contribution is 5.76. The predicted molar refractivity (Wildman–Crippen MR) is 145 cm³/mol. The molecule has 0 saturated heterocycles. The average Bonchev–Trinajstić information content (AvgIpc) is 2.82. The van der Waals surface area contributed by atoms with E-state index < -0.39 is 6.10 Å². The van der Waals surface area contributed by atoms with Crippen molar-refractivity contribution in [3.05, 3.63) is 70.8 Å². The van der Waals surface area contributed by atoms with Gasteiger partial charge in [0.2, 0.25) is 0 Å². The number of carbonyl (C=O) groups excluding carboxylic acids is 1. The number of benzene rings is 2. The van der Waals surface area contributed by atoms with E-state index in [0.717, 1.165) is 24.8 Å². The summed E-state index contributed by atoms with van der Waals surface area (Å²) in [4.78, 5) is 13.5. The van der Waals surface area contributed by atoms with E-state index in [1.54, 1.807) is 0 Å². The minimum Gasteiger partial charge on any atom is -0.460 e. The van der Waals surface area contributed by atoms with Gasteiger partial charge in [-0.25, -0.2) is 4.79 Å². The molecule has 0 aliphatic heterocycles. The Morgan fingerprint density at radius 1 is 0.829 bits per heavy atom. The zero-order valence-corrected chi connectivity index (χ0v) is 23.1. The van der Waals surface area contributed by atoms with Crippen LogP contribution in [0.1, 0.15) is 121 Å². The molecule has 0 aromatic heterocycles. The largest absolute Gasteiger partial charge is 0.460 e. The van der Waals surface area contributed by atoms with Gasteiger partial charge in [0.1, 0.15) is 6.10 Å². The van der Waals surface area contributed by atoms with Gasteiger partial charge >= 0.3 is 5.97 Å². The Balaban J connectivity index is 1.91. The maximum absolute atomic E-state index is 13.5. The van der Waals surface area contributed by atoms with Crippen LogP contribution in [0, 0.1) is 5.92 Å². The molecule has 1 aliphatic rings. The van der Waals surface area contributed by atoms with E-state index in [1.807, 2.05) is 44.2 Å². The number of hydrogen-bond acceptors (Lipinski definition) is 3. The van der Waals surface area contributed by atoms with Crippen molar-refractivity contribution in [2.75, 3.05) is 0 Å². The summed E-state index contributed by atoms with van der Waals surface area (Å²) in [5, 5.41) is 0. The molecule has 1 aliphatic carbocycles. The van der Waals surface area contributed by atoms with Crippen molar-refractivity contribution in [3.8, 4) is 0 Å². The summed E-state index contributed by atoms with van der Waals surface area (Å²) in [6, 6.07) is 16.9. The van der Waals surface area contributed by atoms with Gasteiger partial charge in [-0.2, -0.15) is 0 Å². The molecule has 2 aromatic carbocycles. The van der Waals surface area contributed by atoms with Gasteiger partial charge in [-0.15, -0.1) is 0 Å². The maximum Gasteiger partial charge on any atom is 0.340 e. The van der Waals surface area contributed by atoms with E-state index in [-0.39, 0.29) is 29.5 Å². The van der Waals surface area contributed by atoms with E-state index in [9.17, 15) is 4.79 Å². The number of hydrogen-bond donors (Lipinski definition) is 0. The Bertz CT molecular complexity index is 932. The molecule has 3 nitrogen and oxygen atoms in total. The third-order valence-corrected chi connectivity index (χ3v) is 7.68. The SMILES string of the molecule is CC(C)O[C@@H](C(=O)O[C@@H]1CCCC[C@H]1C(C)(C)c1cc(C(C)C)cc(C(C)C)c1)c1ccccc1. The van der Waals surface area contributed by atoms with Gasteiger partial charge in [0, 0.05) is 5.92 Å². The van der Waals surface area contributed by atoms with Crippen LogP contribution in [0.4, 0.5) is 0 Å². The number of esters is 1. The van der Waals surface area contributed by atoms with Crippen molar-refractivity contribution in [1.29, 1.82) is 0 Å². The Labute approximate surface area is 213 Å². The van der Waals surface area contributed by atoms with Crippen LogP contribution in [0.3, 0.4) is 0 Å². The van der Waals surface area contributed by atoms with Crippen molar-refractivity contribution in [3.63, 3.8) is 0 Å². The molecule has 192 valence electrons. The molecule has 0 amide bonds. The maximum atomic E-state index is 13.5. The highest BCUT2D eigenvalue weighted by Crippen LogP contribution is 2.44. The summed E-state index contributed by atoms with van der Waals surface area (Å²) in [6.45, 7) is 17.7. The van der Waals surface area contributed by atoms with Gasteiger partial charge in [0.15, 0.2) is 6.10 Å². The first kappa shape index (κ1) is 27.5. The second-order valence-electron chi connectivity index (χ2n) is 11.8. The van der Waals surface area contributed by atoms with E-state index >= 15 is 0 Å². The molecule has 35 heavy (non-hydrogen) atoms. The second kappa shape index (κ2) is 11.7. The molecule has 0 bridgehead atoms. The normalized spacial score (nSPS) is 19.9. The molecule has 3 heteroatoms. The Kier molecular flexibility index (Phi) is 9.21. The minimum absolute atomic E-state index is 0.0698. The summed E-state index contributed by atoms with van der Waals surface area (Å²) in [7, 11) is 0. The molecule has 1 fully saturated rings. The van der Waals surface area contributed by atoms with Gasteiger partial charge < -0.3 is 9.47 Å². The monoisotopic (exact) mass is 478 g/mol. The molecule has 0 unspecified atom stereocenters. The molecule has 3 atom stereocenters. The summed E-state index contributed by atoms with van der Waals surface area (Å²) < 4.78 is 12.4. The van der Waals surface area contributed by atoms with Crippen LogP contribution in [0.15, 0.2) is 48.5 Å². The molecule has 0 heterocycles. The zero-order chi connectivity index (χ0) is 25.8. The van der Waals surface area contributed by atoms with Gasteiger partial charge in [-0.3, -0.25) is 0 Å². The van der Waals surface area contributed by atoms with E-state index in [2.05, 4.69) is 59.7 Å². The zero-order valence-electron chi connectivity index (χ0n) is 23.1. The third-order valence-electron chi connectivity index (χ3n) is 7.68. The predicted octanol–water partition coefficient (Wildman–Crippen LogP) is 8.48. The molecule has 0 spiro atoms. The van der Waals surface area contributed by atoms with E-state index in [1.165, 1.54) is 23.1 Å². The highest BCUT2D eigenvalue weighted by atomic mass is 16.6. The smallest absolute Gasteiger partial charge is 0.340 e. The first-order chi connectivity index (χ1) is 16.5. The first-order valence-electron chi connectivity index (χ1n) is 13.6. The summed E-state index contributed by atoms with van der Waals surface area (Å²) >= 11 is 0. The van der Waals surface area contributed by atoms with Crippen molar-refractivity contribution in [2.24, 2.45) is 5.92 Å². The number of ether oxygens (including phenoxy) is 2. The number of carbonyl (C=O) groups is 1. The van der Waals surface area contributed by atoms with Crippen LogP contribution in [0.5, 0.6) is 0 Å². The van der Waals surface area contributed by atoms with Crippen LogP contribution in [-0.4, -0.2) is 18.2 Å². The van der Waals surface area contributed by atoms with Crippen LogP contribution < -0.4 is 0 Å². The molecule has 2 aromatic rings. The Hall–Kier alpha value is -2.13. The Morgan fingerprint density at radius 3 is 1.94 bits per heavy atom. The van der Waals surface area contributed by atoms with Crippen LogP contribution in [-0.2, 0) is 19.7 Å². The van der Waals surface area contributed by atoms with E-state index in [4.69, 9.17) is 9.47 Å². The summed E-state index contributed by atoms with van der Waals surface area (Å²) in [6.07, 6.45) is 3.36. The molecule has 0 N–H and O–H groups in total. The Morgan fingerprint density at radius 2 is 1.40 bits per heavy atom. The van der Waals surface area contributed by atoms with Gasteiger partial charge in [0.05, 0.1) is 6.10 Å². The standard InChI is InChI=1S/C32H46O3/c1-21(2)25-18-26(22(3)4)20-27(19-25)32(7,8)28-16-12-13-17-29(28)35-31(33)30(34-23(5)6)24-14-10-9-11-15-24/h9-11,14-15,18-23,28-30H,12-13,16-17H2,1-8H3/t28-,29-,30-/m1/s1. The average molecular weight is 479 g/mol. The molecular formula is C32H46O3. The lowest BCUT2D eigenvalue weighted by Crippen LogP contribution is -2.43. The van der Waals surface area contributed by atoms with E-state index in [0.29, 0.717) is 11.8 Å². The van der Waals surface area contributed by atoms with Crippen LogP contribution in [0.2, 0.25) is 0 Å². The lowest BCUT2D eigenvalue weighted by atomic mass is 9.65. The van der Waals surface area contributed by atoms with Gasteiger partial charge in [-0.05, 0) is 72.6 Å². The summed E-state index contributed by atoms with van der Waals surface area (Å²) in [5.74, 6) is 0.945. The van der Waals surface area contributed by atoms with Crippen molar-refractivity contribution in [2.45, 2.75) is 117 Å². The fraction of sp³-hybridized carbons (Fsp3) is 0.594. The third kappa shape index (κ3) is 6.76. The summed E-state index contributed by atoms with van der Waals surface area (Å²) in [5.41, 5.74) is 4.87. The van der Waals surface area contributed by atoms with Crippen LogP contribution in [0.25, 0.3) is 0 Å². The van der Waals surface area contributed by atoms with Crippen molar-refractivity contribution in [1.82, 2.24) is 0 Å².